The van der Waals surface area contributed by atoms with Gasteiger partial charge in [-0.3, -0.25) is 4.79 Å². The fourth-order valence-corrected chi connectivity index (χ4v) is 2.32. The highest BCUT2D eigenvalue weighted by molar-refractivity contribution is 7.98. The molecule has 1 aromatic heterocycles. The molecule has 0 radical (unpaired) electrons. The average Bonchev–Trinajstić information content (AvgIpc) is 2.85. The third kappa shape index (κ3) is 4.32. The topological polar surface area (TPSA) is 106 Å². The summed E-state index contributed by atoms with van der Waals surface area (Å²) in [7, 11) is 1.25. The maximum Gasteiger partial charge on any atom is 0.374 e. The van der Waals surface area contributed by atoms with Crippen molar-refractivity contribution in [3.63, 3.8) is 0 Å². The van der Waals surface area contributed by atoms with Crippen molar-refractivity contribution < 1.29 is 28.6 Å². The normalized spacial score (nSPS) is 11.6. The highest BCUT2D eigenvalue weighted by atomic mass is 32.2. The first-order chi connectivity index (χ1) is 9.10. The number of carbonyl (C=O) groups is 3. The smallest absolute Gasteiger partial charge is 0.374 e. The number of methoxy groups -OCH3 is 1. The van der Waals surface area contributed by atoms with Crippen LogP contribution in [0.1, 0.15) is 16.1 Å². The van der Waals surface area contributed by atoms with Crippen LogP contribution >= 0.6 is 11.8 Å². The molecule has 1 aromatic rings. The number of carboxylic acid groups (broad SMARTS) is 1. The summed E-state index contributed by atoms with van der Waals surface area (Å²) in [5, 5.41) is 11.0. The second kappa shape index (κ2) is 7.47. The summed E-state index contributed by atoms with van der Waals surface area (Å²) in [6.07, 6.45) is 1.71. The van der Waals surface area contributed by atoms with Gasteiger partial charge in [0.2, 0.25) is 12.2 Å². The van der Waals surface area contributed by atoms with Crippen molar-refractivity contribution >= 4 is 30.1 Å². The molecule has 0 aliphatic rings. The highest BCUT2D eigenvalue weighted by Gasteiger charge is 2.19. The molecule has 19 heavy (non-hydrogen) atoms. The minimum atomic E-state index is -1.11. The second-order valence-electron chi connectivity index (χ2n) is 3.46. The van der Waals surface area contributed by atoms with Gasteiger partial charge in [-0.05, 0) is 6.07 Å². The molecule has 1 unspecified atom stereocenters. The second-order valence-corrected chi connectivity index (χ2v) is 4.49. The fraction of sp³-hybridized carbons (Fsp3) is 0.364. The Kier molecular flexibility index (Phi) is 5.94. The average molecular weight is 287 g/mol. The van der Waals surface area contributed by atoms with E-state index in [2.05, 4.69) is 10.1 Å². The predicted molar refractivity (Wildman–Crippen MR) is 66.8 cm³/mol. The molecule has 0 spiro atoms. The van der Waals surface area contributed by atoms with E-state index < -0.39 is 18.0 Å². The Morgan fingerprint density at radius 3 is 2.95 bits per heavy atom. The van der Waals surface area contributed by atoms with Crippen LogP contribution in [-0.2, 0) is 20.1 Å². The van der Waals surface area contributed by atoms with Crippen molar-refractivity contribution in [3.8, 4) is 0 Å². The van der Waals surface area contributed by atoms with Gasteiger partial charge in [0.1, 0.15) is 6.04 Å². The molecule has 0 aromatic carbocycles. The van der Waals surface area contributed by atoms with Crippen molar-refractivity contribution in [2.45, 2.75) is 11.8 Å². The molecule has 1 atom stereocenters. The van der Waals surface area contributed by atoms with Gasteiger partial charge in [0.05, 0.1) is 13.4 Å². The molecule has 1 heterocycles. The minimum Gasteiger partial charge on any atom is -0.480 e. The number of nitrogens with one attached hydrogen (secondary N) is 1. The van der Waals surface area contributed by atoms with Gasteiger partial charge < -0.3 is 19.6 Å². The fourth-order valence-electron chi connectivity index (χ4n) is 1.28. The van der Waals surface area contributed by atoms with Gasteiger partial charge in [0, 0.05) is 17.1 Å². The van der Waals surface area contributed by atoms with Gasteiger partial charge in [-0.25, -0.2) is 9.59 Å². The number of amides is 1. The van der Waals surface area contributed by atoms with Gasteiger partial charge >= 0.3 is 11.9 Å². The monoisotopic (exact) mass is 287 g/mol. The quantitative estimate of drug-likeness (QED) is 0.529. The summed E-state index contributed by atoms with van der Waals surface area (Å²) in [5.74, 6) is -1.03. The molecule has 0 saturated heterocycles. The first-order valence-corrected chi connectivity index (χ1v) is 6.40. The Balaban J connectivity index is 2.53. The minimum absolute atomic E-state index is 0.102. The number of furan rings is 1. The van der Waals surface area contributed by atoms with E-state index in [1.54, 1.807) is 6.07 Å². The maximum atomic E-state index is 11.3. The van der Waals surface area contributed by atoms with E-state index in [1.807, 2.05) is 0 Å². The van der Waals surface area contributed by atoms with Crippen molar-refractivity contribution in [1.29, 1.82) is 0 Å². The third-order valence-electron chi connectivity index (χ3n) is 2.23. The first kappa shape index (κ1) is 15.1. The van der Waals surface area contributed by atoms with E-state index in [4.69, 9.17) is 9.52 Å². The lowest BCUT2D eigenvalue weighted by molar-refractivity contribution is -0.139. The van der Waals surface area contributed by atoms with Crippen LogP contribution in [0.3, 0.4) is 0 Å². The predicted octanol–water partition coefficient (Wildman–Crippen LogP) is 0.499. The zero-order valence-electron chi connectivity index (χ0n) is 10.1. The zero-order chi connectivity index (χ0) is 14.3. The summed E-state index contributed by atoms with van der Waals surface area (Å²) in [6, 6.07) is 0.651. The van der Waals surface area contributed by atoms with E-state index in [0.717, 1.165) is 0 Å². The Morgan fingerprint density at radius 2 is 2.37 bits per heavy atom. The Morgan fingerprint density at radius 1 is 1.63 bits per heavy atom. The number of aliphatic carboxylic acids is 1. The number of carbonyl (C=O) groups excluding carboxylic acids is 2. The number of hydrogen-bond acceptors (Lipinski definition) is 6. The van der Waals surface area contributed by atoms with Crippen LogP contribution in [0.4, 0.5) is 0 Å². The lowest BCUT2D eigenvalue weighted by atomic mass is 10.3. The molecule has 0 saturated carbocycles. The zero-order valence-corrected chi connectivity index (χ0v) is 10.9. The molecule has 0 fully saturated rings. The molecule has 1 rings (SSSR count). The van der Waals surface area contributed by atoms with Crippen LogP contribution in [0, 0.1) is 0 Å². The highest BCUT2D eigenvalue weighted by Crippen LogP contribution is 2.19. The lowest BCUT2D eigenvalue weighted by Crippen LogP contribution is -2.37. The van der Waals surface area contributed by atoms with Gasteiger partial charge in [-0.2, -0.15) is 11.8 Å². The van der Waals surface area contributed by atoms with E-state index in [1.165, 1.54) is 25.1 Å². The summed E-state index contributed by atoms with van der Waals surface area (Å²) in [4.78, 5) is 32.3. The van der Waals surface area contributed by atoms with Gasteiger partial charge in [0.25, 0.3) is 0 Å². The summed E-state index contributed by atoms with van der Waals surface area (Å²) in [5.41, 5.74) is 0.618. The Bertz CT molecular complexity index is 458. The van der Waals surface area contributed by atoms with E-state index in [0.29, 0.717) is 17.7 Å². The largest absolute Gasteiger partial charge is 0.480 e. The van der Waals surface area contributed by atoms with Crippen LogP contribution in [0.15, 0.2) is 16.7 Å². The maximum absolute atomic E-state index is 11.3. The molecular formula is C11H13NO6S. The molecule has 0 aliphatic carbocycles. The van der Waals surface area contributed by atoms with Gasteiger partial charge in [0.15, 0.2) is 0 Å². The molecule has 8 heteroatoms. The molecule has 2 N–H and O–H groups in total. The summed E-state index contributed by atoms with van der Waals surface area (Å²) in [6.45, 7) is 0. The molecule has 1 amide bonds. The van der Waals surface area contributed by atoms with Crippen molar-refractivity contribution in [2.75, 3.05) is 12.9 Å². The van der Waals surface area contributed by atoms with Crippen LogP contribution in [0.2, 0.25) is 0 Å². The number of esters is 1. The number of carboxylic acids is 1. The SMILES string of the molecule is COC(=O)c1occc1CSCC(NC=O)C(=O)O. The van der Waals surface area contributed by atoms with E-state index >= 15 is 0 Å². The van der Waals surface area contributed by atoms with Gasteiger partial charge in [-0.1, -0.05) is 0 Å². The van der Waals surface area contributed by atoms with E-state index in [9.17, 15) is 14.4 Å². The van der Waals surface area contributed by atoms with Crippen LogP contribution < -0.4 is 5.32 Å². The van der Waals surface area contributed by atoms with Crippen LogP contribution in [0.25, 0.3) is 0 Å². The van der Waals surface area contributed by atoms with Crippen LogP contribution in [0.5, 0.6) is 0 Å². The number of rotatable bonds is 8. The molecule has 0 aliphatic heterocycles. The third-order valence-corrected chi connectivity index (χ3v) is 3.31. The standard InChI is InChI=1S/C11H13NO6S/c1-17-11(16)9-7(2-3-18-9)4-19-5-8(10(14)15)12-6-13/h2-3,6,8H,4-5H2,1H3,(H,12,13)(H,14,15). The van der Waals surface area contributed by atoms with Crippen molar-refractivity contribution in [1.82, 2.24) is 5.32 Å². The molecular weight excluding hydrogens is 274 g/mol. The Labute approximate surface area is 113 Å². The lowest BCUT2D eigenvalue weighted by Gasteiger charge is -2.10. The van der Waals surface area contributed by atoms with E-state index in [-0.39, 0.29) is 11.5 Å². The Hall–Kier alpha value is -1.96. The summed E-state index contributed by atoms with van der Waals surface area (Å²) >= 11 is 1.26. The summed E-state index contributed by atoms with van der Waals surface area (Å²) < 4.78 is 9.54. The number of thioether (sulfide) groups is 1. The van der Waals surface area contributed by atoms with Crippen molar-refractivity contribution in [3.05, 3.63) is 23.7 Å². The van der Waals surface area contributed by atoms with Crippen LogP contribution in [-0.4, -0.2) is 42.4 Å². The number of hydrogen-bond donors (Lipinski definition) is 2. The number of ether oxygens (including phenoxy) is 1. The molecule has 104 valence electrons. The first-order valence-electron chi connectivity index (χ1n) is 5.25. The molecule has 7 nitrogen and oxygen atoms in total. The van der Waals surface area contributed by atoms with Crippen molar-refractivity contribution in [2.24, 2.45) is 0 Å². The molecule has 0 bridgehead atoms. The van der Waals surface area contributed by atoms with Gasteiger partial charge in [-0.15, -0.1) is 0 Å².